The molecule has 0 saturated heterocycles. The van der Waals surface area contributed by atoms with E-state index >= 15 is 0 Å². The molecule has 150 valence electrons. The quantitative estimate of drug-likeness (QED) is 0.335. The first-order chi connectivity index (χ1) is 10.8. The van der Waals surface area contributed by atoms with Crippen molar-refractivity contribution in [2.24, 2.45) is 0 Å². The maximum absolute atomic E-state index is 10.3. The van der Waals surface area contributed by atoms with E-state index < -0.39 is 10.4 Å². The SMILES string of the molecule is CCCCCCCCCCCCCCOS(=O)(=O)O.CN(C)C.N. The molecule has 0 saturated carbocycles. The van der Waals surface area contributed by atoms with Crippen LogP contribution in [0.3, 0.4) is 0 Å². The van der Waals surface area contributed by atoms with E-state index in [1.807, 2.05) is 26.0 Å². The summed E-state index contributed by atoms with van der Waals surface area (Å²) < 4.78 is 33.1. The van der Waals surface area contributed by atoms with Gasteiger partial charge >= 0.3 is 10.4 Å². The monoisotopic (exact) mass is 370 g/mol. The first-order valence-electron chi connectivity index (χ1n) is 9.02. The van der Waals surface area contributed by atoms with Crippen molar-refractivity contribution in [3.63, 3.8) is 0 Å². The Kier molecular flexibility index (Phi) is 24.8. The second-order valence-corrected chi connectivity index (χ2v) is 7.57. The lowest BCUT2D eigenvalue weighted by Crippen LogP contribution is -2.04. The maximum atomic E-state index is 10.3. The van der Waals surface area contributed by atoms with Crippen LogP contribution in [-0.4, -0.2) is 45.6 Å². The molecular formula is C17H42N2O4S. The molecule has 0 unspecified atom stereocenters. The van der Waals surface area contributed by atoms with E-state index in [-0.39, 0.29) is 12.8 Å². The van der Waals surface area contributed by atoms with E-state index in [9.17, 15) is 8.42 Å². The summed E-state index contributed by atoms with van der Waals surface area (Å²) in [5, 5.41) is 0. The average Bonchev–Trinajstić information content (AvgIpc) is 2.42. The number of hydrogen-bond acceptors (Lipinski definition) is 5. The molecule has 0 fully saturated rings. The second-order valence-electron chi connectivity index (χ2n) is 6.48. The van der Waals surface area contributed by atoms with Gasteiger partial charge in [-0.3, -0.25) is 4.55 Å². The molecule has 0 aliphatic heterocycles. The Hall–Kier alpha value is -0.210. The summed E-state index contributed by atoms with van der Waals surface area (Å²) in [6.07, 6.45) is 14.7. The summed E-state index contributed by atoms with van der Waals surface area (Å²) in [6.45, 7) is 2.33. The molecule has 24 heavy (non-hydrogen) atoms. The van der Waals surface area contributed by atoms with E-state index in [4.69, 9.17) is 4.55 Å². The van der Waals surface area contributed by atoms with E-state index in [0.29, 0.717) is 6.42 Å². The van der Waals surface area contributed by atoms with Gasteiger partial charge in [0.05, 0.1) is 6.61 Å². The van der Waals surface area contributed by atoms with E-state index in [2.05, 4.69) is 11.1 Å². The van der Waals surface area contributed by atoms with Gasteiger partial charge in [-0.2, -0.15) is 8.42 Å². The van der Waals surface area contributed by atoms with E-state index in [1.54, 1.807) is 0 Å². The Bertz CT molecular complexity index is 320. The van der Waals surface area contributed by atoms with Crippen molar-refractivity contribution >= 4 is 10.4 Å². The van der Waals surface area contributed by atoms with Gasteiger partial charge in [-0.1, -0.05) is 77.6 Å². The summed E-state index contributed by atoms with van der Waals surface area (Å²) in [6, 6.07) is 0. The van der Waals surface area contributed by atoms with Gasteiger partial charge in [-0.15, -0.1) is 0 Å². The summed E-state index contributed by atoms with van der Waals surface area (Å²) >= 11 is 0. The fourth-order valence-corrected chi connectivity index (χ4v) is 2.44. The van der Waals surface area contributed by atoms with Gasteiger partial charge in [-0.05, 0) is 27.6 Å². The minimum Gasteiger partial charge on any atom is -0.344 e. The van der Waals surface area contributed by atoms with Crippen molar-refractivity contribution in [2.45, 2.75) is 84.0 Å². The van der Waals surface area contributed by atoms with Crippen molar-refractivity contribution in [1.82, 2.24) is 11.1 Å². The third kappa shape index (κ3) is 37.8. The molecule has 0 spiro atoms. The Morgan fingerprint density at radius 1 is 0.750 bits per heavy atom. The zero-order chi connectivity index (χ0) is 18.0. The summed E-state index contributed by atoms with van der Waals surface area (Å²) in [5.74, 6) is 0. The predicted molar refractivity (Wildman–Crippen MR) is 103 cm³/mol. The smallest absolute Gasteiger partial charge is 0.344 e. The predicted octanol–water partition coefficient (Wildman–Crippen LogP) is 4.85. The normalized spacial score (nSPS) is 10.9. The van der Waals surface area contributed by atoms with Crippen LogP contribution in [0.25, 0.3) is 0 Å². The lowest BCUT2D eigenvalue weighted by molar-refractivity contribution is 0.261. The molecule has 0 aromatic heterocycles. The Labute approximate surface area is 150 Å². The molecule has 6 nitrogen and oxygen atoms in total. The molecule has 0 aliphatic carbocycles. The number of nitrogens with zero attached hydrogens (tertiary/aromatic N) is 1. The van der Waals surface area contributed by atoms with Crippen LogP contribution in [-0.2, 0) is 14.6 Å². The Morgan fingerprint density at radius 3 is 1.33 bits per heavy atom. The molecule has 0 radical (unpaired) electrons. The van der Waals surface area contributed by atoms with Crippen molar-refractivity contribution in [3.8, 4) is 0 Å². The summed E-state index contributed by atoms with van der Waals surface area (Å²) in [5.41, 5.74) is 0. The van der Waals surface area contributed by atoms with E-state index in [0.717, 1.165) is 12.8 Å². The van der Waals surface area contributed by atoms with Gasteiger partial charge in [-0.25, -0.2) is 4.18 Å². The van der Waals surface area contributed by atoms with Crippen molar-refractivity contribution < 1.29 is 17.2 Å². The van der Waals surface area contributed by atoms with Gasteiger partial charge in [0.25, 0.3) is 0 Å². The molecule has 0 rings (SSSR count). The summed E-state index contributed by atoms with van der Waals surface area (Å²) in [4.78, 5) is 2.00. The molecule has 0 aromatic rings. The van der Waals surface area contributed by atoms with Crippen molar-refractivity contribution in [3.05, 3.63) is 0 Å². The van der Waals surface area contributed by atoms with Crippen LogP contribution in [0, 0.1) is 0 Å². The third-order valence-corrected chi connectivity index (χ3v) is 3.69. The zero-order valence-corrected chi connectivity index (χ0v) is 17.2. The van der Waals surface area contributed by atoms with Gasteiger partial charge in [0.15, 0.2) is 0 Å². The largest absolute Gasteiger partial charge is 0.397 e. The van der Waals surface area contributed by atoms with Crippen LogP contribution in [0.1, 0.15) is 84.0 Å². The first kappa shape index (κ1) is 28.6. The third-order valence-electron chi connectivity index (χ3n) is 3.23. The number of hydrogen-bond donors (Lipinski definition) is 2. The number of rotatable bonds is 14. The van der Waals surface area contributed by atoms with Crippen molar-refractivity contribution in [1.29, 1.82) is 0 Å². The molecule has 0 bridgehead atoms. The second kappa shape index (κ2) is 20.8. The summed E-state index contributed by atoms with van der Waals surface area (Å²) in [7, 11) is 1.76. The molecule has 0 atom stereocenters. The lowest BCUT2D eigenvalue weighted by Gasteiger charge is -2.02. The van der Waals surface area contributed by atoms with Crippen LogP contribution in [0.15, 0.2) is 0 Å². The van der Waals surface area contributed by atoms with Crippen LogP contribution < -0.4 is 6.15 Å². The fraction of sp³-hybridized carbons (Fsp3) is 1.00. The molecule has 0 heterocycles. The molecular weight excluding hydrogens is 328 g/mol. The fourth-order valence-electron chi connectivity index (χ4n) is 2.11. The van der Waals surface area contributed by atoms with Crippen molar-refractivity contribution in [2.75, 3.05) is 27.7 Å². The topological polar surface area (TPSA) is 102 Å². The minimum absolute atomic E-state index is 0. The molecule has 0 aromatic carbocycles. The maximum Gasteiger partial charge on any atom is 0.397 e. The van der Waals surface area contributed by atoms with Crippen LogP contribution in [0.5, 0.6) is 0 Å². The Balaban J connectivity index is -0.000000787. The van der Waals surface area contributed by atoms with E-state index in [1.165, 1.54) is 57.8 Å². The molecule has 0 aliphatic rings. The first-order valence-corrected chi connectivity index (χ1v) is 10.4. The molecule has 4 N–H and O–H groups in total. The van der Waals surface area contributed by atoms with Crippen LogP contribution >= 0.6 is 0 Å². The molecule has 0 amide bonds. The van der Waals surface area contributed by atoms with Gasteiger partial charge in [0.2, 0.25) is 0 Å². The standard InChI is InChI=1S/C14H30O4S.C3H9N.H3N/c1-2-3-4-5-6-7-8-9-10-11-12-13-14-18-19(15,16)17;1-4(2)3;/h2-14H2,1H3,(H,15,16,17);1-3H3;1H3. The average molecular weight is 371 g/mol. The molecule has 7 heteroatoms. The van der Waals surface area contributed by atoms with Gasteiger partial charge in [0.1, 0.15) is 0 Å². The van der Waals surface area contributed by atoms with Crippen LogP contribution in [0.4, 0.5) is 0 Å². The lowest BCUT2D eigenvalue weighted by atomic mass is 10.1. The highest BCUT2D eigenvalue weighted by atomic mass is 32.3. The van der Waals surface area contributed by atoms with Crippen LogP contribution in [0.2, 0.25) is 0 Å². The van der Waals surface area contributed by atoms with Gasteiger partial charge < -0.3 is 11.1 Å². The highest BCUT2D eigenvalue weighted by molar-refractivity contribution is 7.80. The highest BCUT2D eigenvalue weighted by Gasteiger charge is 2.02. The minimum atomic E-state index is -4.24. The Morgan fingerprint density at radius 2 is 1.04 bits per heavy atom. The zero-order valence-electron chi connectivity index (χ0n) is 16.4. The number of unbranched alkanes of at least 4 members (excludes halogenated alkanes) is 11. The highest BCUT2D eigenvalue weighted by Crippen LogP contribution is 2.11. The van der Waals surface area contributed by atoms with Gasteiger partial charge in [0, 0.05) is 0 Å².